The lowest BCUT2D eigenvalue weighted by Gasteiger charge is -2.19. The quantitative estimate of drug-likeness (QED) is 0.576. The highest BCUT2D eigenvalue weighted by Gasteiger charge is 2.12. The maximum Gasteiger partial charge on any atom is 0.0807 e. The summed E-state index contributed by atoms with van der Waals surface area (Å²) < 4.78 is 17.0. The van der Waals surface area contributed by atoms with E-state index in [9.17, 15) is 0 Å². The van der Waals surface area contributed by atoms with Gasteiger partial charge in [0.05, 0.1) is 25.4 Å². The van der Waals surface area contributed by atoms with E-state index < -0.39 is 0 Å². The van der Waals surface area contributed by atoms with Crippen LogP contribution in [0.2, 0.25) is 0 Å². The zero-order valence-electron chi connectivity index (χ0n) is 15.4. The van der Waals surface area contributed by atoms with Gasteiger partial charge in [-0.2, -0.15) is 0 Å². The number of rotatable bonds is 12. The molecule has 2 atom stereocenters. The van der Waals surface area contributed by atoms with Crippen molar-refractivity contribution in [2.75, 3.05) is 27.4 Å². The first-order valence-corrected chi connectivity index (χ1v) is 9.03. The standard InChI is InChI=1S/C22H30O3/c1-23-21(15-13-19-9-5-3-6-10-19)17-25-18-22(24-2)16-14-20-11-7-4-8-12-20/h3-12,21-22H,13-18H2,1-2H3. The van der Waals surface area contributed by atoms with Crippen LogP contribution in [0.15, 0.2) is 60.7 Å². The van der Waals surface area contributed by atoms with Crippen molar-refractivity contribution in [1.82, 2.24) is 0 Å². The van der Waals surface area contributed by atoms with E-state index in [0.717, 1.165) is 25.7 Å². The third-order valence-electron chi connectivity index (χ3n) is 4.47. The fourth-order valence-corrected chi connectivity index (χ4v) is 2.81. The zero-order chi connectivity index (χ0) is 17.7. The summed E-state index contributed by atoms with van der Waals surface area (Å²) in [5, 5.41) is 0. The van der Waals surface area contributed by atoms with Crippen LogP contribution >= 0.6 is 0 Å². The van der Waals surface area contributed by atoms with Gasteiger partial charge in [0.15, 0.2) is 0 Å². The largest absolute Gasteiger partial charge is 0.379 e. The number of hydrogen-bond donors (Lipinski definition) is 0. The van der Waals surface area contributed by atoms with E-state index in [4.69, 9.17) is 14.2 Å². The van der Waals surface area contributed by atoms with Crippen molar-refractivity contribution >= 4 is 0 Å². The molecule has 3 heteroatoms. The van der Waals surface area contributed by atoms with Crippen LogP contribution in [0, 0.1) is 0 Å². The highest BCUT2D eigenvalue weighted by Crippen LogP contribution is 2.10. The Morgan fingerprint density at radius 1 is 0.640 bits per heavy atom. The maximum absolute atomic E-state index is 5.87. The molecular formula is C22H30O3. The average molecular weight is 342 g/mol. The van der Waals surface area contributed by atoms with Gasteiger partial charge in [0.1, 0.15) is 0 Å². The molecule has 2 aromatic carbocycles. The molecule has 0 bridgehead atoms. The molecular weight excluding hydrogens is 312 g/mol. The molecule has 0 saturated heterocycles. The Hall–Kier alpha value is -1.68. The second-order valence-corrected chi connectivity index (χ2v) is 6.30. The first-order valence-electron chi connectivity index (χ1n) is 9.03. The van der Waals surface area contributed by atoms with Gasteiger partial charge in [-0.15, -0.1) is 0 Å². The fraction of sp³-hybridized carbons (Fsp3) is 0.455. The Labute approximate surface area is 151 Å². The first kappa shape index (κ1) is 19.6. The van der Waals surface area contributed by atoms with Gasteiger partial charge in [0.2, 0.25) is 0 Å². The molecule has 0 aromatic heterocycles. The number of ether oxygens (including phenoxy) is 3. The molecule has 0 radical (unpaired) electrons. The molecule has 0 aliphatic heterocycles. The summed E-state index contributed by atoms with van der Waals surface area (Å²) in [6.07, 6.45) is 4.16. The van der Waals surface area contributed by atoms with Crippen molar-refractivity contribution < 1.29 is 14.2 Å². The zero-order valence-corrected chi connectivity index (χ0v) is 15.4. The van der Waals surface area contributed by atoms with Crippen LogP contribution in [-0.4, -0.2) is 39.6 Å². The van der Waals surface area contributed by atoms with Crippen LogP contribution in [0.5, 0.6) is 0 Å². The first-order chi connectivity index (χ1) is 12.3. The van der Waals surface area contributed by atoms with E-state index >= 15 is 0 Å². The lowest BCUT2D eigenvalue weighted by atomic mass is 10.1. The second-order valence-electron chi connectivity index (χ2n) is 6.30. The van der Waals surface area contributed by atoms with Crippen molar-refractivity contribution in [3.05, 3.63) is 71.8 Å². The van der Waals surface area contributed by atoms with E-state index in [1.54, 1.807) is 14.2 Å². The van der Waals surface area contributed by atoms with Gasteiger partial charge in [0, 0.05) is 14.2 Å². The molecule has 0 N–H and O–H groups in total. The Kier molecular flexibility index (Phi) is 9.27. The van der Waals surface area contributed by atoms with Crippen molar-refractivity contribution in [2.24, 2.45) is 0 Å². The Morgan fingerprint density at radius 3 is 1.40 bits per heavy atom. The van der Waals surface area contributed by atoms with Crippen LogP contribution < -0.4 is 0 Å². The number of hydrogen-bond acceptors (Lipinski definition) is 3. The minimum Gasteiger partial charge on any atom is -0.379 e. The van der Waals surface area contributed by atoms with E-state index in [0.29, 0.717) is 13.2 Å². The van der Waals surface area contributed by atoms with E-state index in [1.165, 1.54) is 11.1 Å². The van der Waals surface area contributed by atoms with Crippen molar-refractivity contribution in [1.29, 1.82) is 0 Å². The summed E-state index contributed by atoms with van der Waals surface area (Å²) in [5.41, 5.74) is 2.67. The van der Waals surface area contributed by atoms with E-state index in [-0.39, 0.29) is 12.2 Å². The van der Waals surface area contributed by atoms with Gasteiger partial charge < -0.3 is 14.2 Å². The molecule has 0 amide bonds. The fourth-order valence-electron chi connectivity index (χ4n) is 2.81. The SMILES string of the molecule is COC(CCc1ccccc1)COCC(CCc1ccccc1)OC. The highest BCUT2D eigenvalue weighted by atomic mass is 16.5. The van der Waals surface area contributed by atoms with Gasteiger partial charge >= 0.3 is 0 Å². The van der Waals surface area contributed by atoms with Crippen LogP contribution in [0.1, 0.15) is 24.0 Å². The monoisotopic (exact) mass is 342 g/mol. The summed E-state index contributed by atoms with van der Waals surface area (Å²) in [7, 11) is 3.50. The summed E-state index contributed by atoms with van der Waals surface area (Å²) in [5.74, 6) is 0. The molecule has 2 aromatic rings. The number of methoxy groups -OCH3 is 2. The van der Waals surface area contributed by atoms with Crippen LogP contribution in [0.3, 0.4) is 0 Å². The molecule has 0 spiro atoms. The van der Waals surface area contributed by atoms with Gasteiger partial charge in [-0.3, -0.25) is 0 Å². The molecule has 0 saturated carbocycles. The van der Waals surface area contributed by atoms with Crippen molar-refractivity contribution in [3.63, 3.8) is 0 Å². The minimum atomic E-state index is 0.117. The summed E-state index contributed by atoms with van der Waals surface area (Å²) in [4.78, 5) is 0. The average Bonchev–Trinajstić information content (AvgIpc) is 2.68. The molecule has 0 fully saturated rings. The number of aryl methyl sites for hydroxylation is 2. The predicted octanol–water partition coefficient (Wildman–Crippen LogP) is 4.30. The lowest BCUT2D eigenvalue weighted by Crippen LogP contribution is -2.25. The second kappa shape index (κ2) is 11.8. The molecule has 0 aliphatic carbocycles. The molecule has 25 heavy (non-hydrogen) atoms. The molecule has 0 aliphatic rings. The number of benzene rings is 2. The van der Waals surface area contributed by atoms with E-state index in [2.05, 4.69) is 48.5 Å². The Morgan fingerprint density at radius 2 is 1.04 bits per heavy atom. The van der Waals surface area contributed by atoms with Gasteiger partial charge in [-0.05, 0) is 36.8 Å². The maximum atomic E-state index is 5.87. The highest BCUT2D eigenvalue weighted by molar-refractivity contribution is 5.15. The summed E-state index contributed by atoms with van der Waals surface area (Å²) in [6, 6.07) is 21.0. The van der Waals surface area contributed by atoms with Crippen LogP contribution in [0.25, 0.3) is 0 Å². The molecule has 136 valence electrons. The van der Waals surface area contributed by atoms with Crippen molar-refractivity contribution in [2.45, 2.75) is 37.9 Å². The topological polar surface area (TPSA) is 27.7 Å². The predicted molar refractivity (Wildman–Crippen MR) is 102 cm³/mol. The van der Waals surface area contributed by atoms with Gasteiger partial charge in [-0.1, -0.05) is 60.7 Å². The summed E-state index contributed by atoms with van der Waals surface area (Å²) >= 11 is 0. The third-order valence-corrected chi connectivity index (χ3v) is 4.47. The summed E-state index contributed by atoms with van der Waals surface area (Å²) in [6.45, 7) is 1.21. The van der Waals surface area contributed by atoms with Crippen molar-refractivity contribution in [3.8, 4) is 0 Å². The Balaban J connectivity index is 1.65. The van der Waals surface area contributed by atoms with Gasteiger partial charge in [-0.25, -0.2) is 0 Å². The molecule has 3 nitrogen and oxygen atoms in total. The molecule has 2 unspecified atom stereocenters. The van der Waals surface area contributed by atoms with E-state index in [1.807, 2.05) is 12.1 Å². The minimum absolute atomic E-state index is 0.117. The normalized spacial score (nSPS) is 13.5. The van der Waals surface area contributed by atoms with Gasteiger partial charge in [0.25, 0.3) is 0 Å². The molecule has 0 heterocycles. The smallest absolute Gasteiger partial charge is 0.0807 e. The Bertz CT molecular complexity index is 504. The molecule has 2 rings (SSSR count). The lowest BCUT2D eigenvalue weighted by molar-refractivity contribution is -0.0385. The van der Waals surface area contributed by atoms with Crippen LogP contribution in [-0.2, 0) is 27.1 Å². The third kappa shape index (κ3) is 7.82. The van der Waals surface area contributed by atoms with Crippen LogP contribution in [0.4, 0.5) is 0 Å².